The van der Waals surface area contributed by atoms with Gasteiger partial charge in [-0.3, -0.25) is 9.89 Å². The average Bonchev–Trinajstić information content (AvgIpc) is 2.75. The number of allylic oxidation sites excluding steroid dienone is 1. The molecule has 1 aromatic carbocycles. The number of aliphatic imine (C=N–C) groups is 1. The maximum Gasteiger partial charge on any atom is 0.129 e. The van der Waals surface area contributed by atoms with E-state index in [0.717, 1.165) is 59.7 Å². The summed E-state index contributed by atoms with van der Waals surface area (Å²) in [6.45, 7) is 3.83. The number of alkyl halides is 1. The van der Waals surface area contributed by atoms with Gasteiger partial charge in [-0.05, 0) is 24.3 Å². The molecule has 1 saturated heterocycles. The molecule has 1 aromatic rings. The Morgan fingerprint density at radius 1 is 1.26 bits per heavy atom. The molecule has 120 valence electrons. The summed E-state index contributed by atoms with van der Waals surface area (Å²) < 4.78 is 1.02. The summed E-state index contributed by atoms with van der Waals surface area (Å²) in [6, 6.07) is 6.07. The quantitative estimate of drug-likeness (QED) is 0.565. The third kappa shape index (κ3) is 2.76. The fourth-order valence-corrected chi connectivity index (χ4v) is 4.09. The highest BCUT2D eigenvalue weighted by molar-refractivity contribution is 9.10. The van der Waals surface area contributed by atoms with Crippen molar-refractivity contribution in [2.75, 3.05) is 31.5 Å². The van der Waals surface area contributed by atoms with Gasteiger partial charge in [0, 0.05) is 54.6 Å². The van der Waals surface area contributed by atoms with Crippen LogP contribution in [0.1, 0.15) is 6.42 Å². The summed E-state index contributed by atoms with van der Waals surface area (Å²) in [5.41, 5.74) is 4.01. The van der Waals surface area contributed by atoms with Gasteiger partial charge in [0.2, 0.25) is 0 Å². The third-order valence-corrected chi connectivity index (χ3v) is 5.65. The smallest absolute Gasteiger partial charge is 0.129 e. The van der Waals surface area contributed by atoms with Crippen molar-refractivity contribution in [3.05, 3.63) is 46.1 Å². The minimum atomic E-state index is -0.526. The maximum atomic E-state index is 7.12. The van der Waals surface area contributed by atoms with Gasteiger partial charge in [-0.25, -0.2) is 0 Å². The second-order valence-electron chi connectivity index (χ2n) is 5.97. The Kier molecular flexibility index (Phi) is 4.05. The van der Waals surface area contributed by atoms with Gasteiger partial charge in [-0.1, -0.05) is 33.6 Å². The summed E-state index contributed by atoms with van der Waals surface area (Å²) in [7, 11) is 0. The fourth-order valence-electron chi connectivity index (χ4n) is 3.33. The predicted octanol–water partition coefficient (Wildman–Crippen LogP) is 3.63. The monoisotopic (exact) mass is 392 g/mol. The molecule has 3 aliphatic rings. The molecule has 1 atom stereocenters. The van der Waals surface area contributed by atoms with Gasteiger partial charge in [0.25, 0.3) is 0 Å². The van der Waals surface area contributed by atoms with Crippen molar-refractivity contribution < 1.29 is 0 Å². The van der Waals surface area contributed by atoms with Crippen molar-refractivity contribution in [2.45, 2.75) is 11.4 Å². The molecular weight excluding hydrogens is 376 g/mol. The van der Waals surface area contributed by atoms with Crippen LogP contribution in [0.3, 0.4) is 0 Å². The Bertz CT molecular complexity index is 721. The minimum Gasteiger partial charge on any atom is -0.353 e. The molecule has 1 aliphatic carbocycles. The SMILES string of the molecule is ClC1(N2CCNCC2)CC=CC2=C1C=Nc1cc(Br)ccc1N2. The topological polar surface area (TPSA) is 39.7 Å². The molecule has 0 spiro atoms. The van der Waals surface area contributed by atoms with Crippen molar-refractivity contribution >= 4 is 45.1 Å². The lowest BCUT2D eigenvalue weighted by Crippen LogP contribution is -2.55. The highest BCUT2D eigenvalue weighted by atomic mass is 79.9. The zero-order valence-corrected chi connectivity index (χ0v) is 15.0. The lowest BCUT2D eigenvalue weighted by atomic mass is 9.94. The number of anilines is 1. The number of benzene rings is 1. The van der Waals surface area contributed by atoms with Gasteiger partial charge in [0.15, 0.2) is 0 Å². The first-order valence-corrected chi connectivity index (χ1v) is 9.00. The van der Waals surface area contributed by atoms with Gasteiger partial charge in [-0.2, -0.15) is 0 Å². The van der Waals surface area contributed by atoms with Crippen LogP contribution in [0.2, 0.25) is 0 Å². The molecular formula is C17H18BrClN4. The number of fused-ring (bicyclic) bond motifs is 1. The van der Waals surface area contributed by atoms with Crippen molar-refractivity contribution in [3.63, 3.8) is 0 Å². The lowest BCUT2D eigenvalue weighted by Gasteiger charge is -2.43. The first-order valence-electron chi connectivity index (χ1n) is 7.83. The van der Waals surface area contributed by atoms with Gasteiger partial charge in [0.05, 0.1) is 11.4 Å². The second kappa shape index (κ2) is 6.06. The molecule has 6 heteroatoms. The number of halogens is 2. The normalized spacial score (nSPS) is 27.2. The van der Waals surface area contributed by atoms with E-state index in [0.29, 0.717) is 0 Å². The van der Waals surface area contributed by atoms with Gasteiger partial charge >= 0.3 is 0 Å². The molecule has 0 amide bonds. The Labute approximate surface area is 149 Å². The van der Waals surface area contributed by atoms with E-state index in [2.05, 4.69) is 48.6 Å². The van der Waals surface area contributed by atoms with Crippen molar-refractivity contribution in [3.8, 4) is 0 Å². The fraction of sp³-hybridized carbons (Fsp3) is 0.353. The number of piperazine rings is 1. The summed E-state index contributed by atoms with van der Waals surface area (Å²) in [5, 5.41) is 6.89. The van der Waals surface area contributed by atoms with Crippen LogP contribution in [-0.4, -0.2) is 42.3 Å². The predicted molar refractivity (Wildman–Crippen MR) is 99.7 cm³/mol. The van der Waals surface area contributed by atoms with Crippen LogP contribution in [0.5, 0.6) is 0 Å². The van der Waals surface area contributed by atoms with Crippen LogP contribution < -0.4 is 10.6 Å². The van der Waals surface area contributed by atoms with Crippen LogP contribution in [0, 0.1) is 0 Å². The van der Waals surface area contributed by atoms with Gasteiger partial charge in [0.1, 0.15) is 5.00 Å². The Balaban J connectivity index is 1.75. The van der Waals surface area contributed by atoms with E-state index >= 15 is 0 Å². The van der Waals surface area contributed by atoms with E-state index in [1.165, 1.54) is 0 Å². The summed E-state index contributed by atoms with van der Waals surface area (Å²) in [5.74, 6) is 0. The first-order chi connectivity index (χ1) is 11.2. The molecule has 1 unspecified atom stereocenters. The Hall–Kier alpha value is -1.14. The Morgan fingerprint density at radius 3 is 2.91 bits per heavy atom. The van der Waals surface area contributed by atoms with E-state index in [4.69, 9.17) is 11.6 Å². The minimum absolute atomic E-state index is 0.526. The van der Waals surface area contributed by atoms with Crippen LogP contribution in [0.25, 0.3) is 0 Å². The summed E-state index contributed by atoms with van der Waals surface area (Å²) >= 11 is 10.6. The molecule has 2 aliphatic heterocycles. The average molecular weight is 394 g/mol. The van der Waals surface area contributed by atoms with Crippen molar-refractivity contribution in [1.29, 1.82) is 0 Å². The Morgan fingerprint density at radius 2 is 2.09 bits per heavy atom. The van der Waals surface area contributed by atoms with E-state index in [1.807, 2.05) is 24.4 Å². The van der Waals surface area contributed by atoms with E-state index in [-0.39, 0.29) is 0 Å². The second-order valence-corrected chi connectivity index (χ2v) is 7.52. The first kappa shape index (κ1) is 15.4. The van der Waals surface area contributed by atoms with Crippen molar-refractivity contribution in [1.82, 2.24) is 10.2 Å². The molecule has 0 radical (unpaired) electrons. The highest BCUT2D eigenvalue weighted by Gasteiger charge is 2.41. The molecule has 2 heterocycles. The van der Waals surface area contributed by atoms with E-state index < -0.39 is 5.00 Å². The number of hydrogen-bond donors (Lipinski definition) is 2. The molecule has 4 nitrogen and oxygen atoms in total. The van der Waals surface area contributed by atoms with E-state index in [1.54, 1.807) is 0 Å². The molecule has 2 N–H and O–H groups in total. The lowest BCUT2D eigenvalue weighted by molar-refractivity contribution is 0.170. The molecule has 4 rings (SSSR count). The van der Waals surface area contributed by atoms with Crippen molar-refractivity contribution in [2.24, 2.45) is 4.99 Å². The molecule has 23 heavy (non-hydrogen) atoms. The maximum absolute atomic E-state index is 7.12. The standard InChI is InChI=1S/C17H18BrClN4/c18-12-3-4-15-16(10-12)21-11-13-14(22-15)2-1-5-17(13,19)23-8-6-20-7-9-23/h1-4,10-11,20,22H,5-9H2. The molecule has 0 aromatic heterocycles. The zero-order chi connectivity index (χ0) is 15.9. The number of nitrogens with zero attached hydrogens (tertiary/aromatic N) is 2. The largest absolute Gasteiger partial charge is 0.353 e. The van der Waals surface area contributed by atoms with E-state index in [9.17, 15) is 0 Å². The molecule has 0 bridgehead atoms. The molecule has 0 saturated carbocycles. The van der Waals surface area contributed by atoms with Gasteiger partial charge < -0.3 is 10.6 Å². The number of hydrogen-bond acceptors (Lipinski definition) is 4. The third-order valence-electron chi connectivity index (χ3n) is 4.56. The van der Waals surface area contributed by atoms with Crippen LogP contribution in [0.15, 0.2) is 51.1 Å². The number of rotatable bonds is 1. The van der Waals surface area contributed by atoms with Gasteiger partial charge in [-0.15, -0.1) is 0 Å². The summed E-state index contributed by atoms with van der Waals surface area (Å²) in [4.78, 5) is 6.51. The highest BCUT2D eigenvalue weighted by Crippen LogP contribution is 2.41. The zero-order valence-electron chi connectivity index (χ0n) is 12.6. The van der Waals surface area contributed by atoms with Crippen LogP contribution in [-0.2, 0) is 0 Å². The van der Waals surface area contributed by atoms with Crippen LogP contribution in [0.4, 0.5) is 11.4 Å². The molecule has 1 fully saturated rings. The van der Waals surface area contributed by atoms with Crippen LogP contribution >= 0.6 is 27.5 Å². The summed E-state index contributed by atoms with van der Waals surface area (Å²) in [6.07, 6.45) is 6.99. The number of nitrogens with one attached hydrogen (secondary N) is 2.